The predicted octanol–water partition coefficient (Wildman–Crippen LogP) is 2.07. The maximum Gasteiger partial charge on any atom is 0.177 e. The van der Waals surface area contributed by atoms with Crippen molar-refractivity contribution in [3.63, 3.8) is 0 Å². The standard InChI is InChI=1S/C10H12IN3O2/c1-14(13-16)6-4-9(11)10(15)8-3-2-5-12-7-8/h2-3,5,7,9H,4,6H2,1H3. The van der Waals surface area contributed by atoms with Crippen LogP contribution >= 0.6 is 22.6 Å². The van der Waals surface area contributed by atoms with Crippen molar-refractivity contribution in [1.29, 1.82) is 0 Å². The van der Waals surface area contributed by atoms with Crippen LogP contribution in [0.25, 0.3) is 0 Å². The zero-order valence-corrected chi connectivity index (χ0v) is 11.0. The number of Topliss-reactive ketones (excluding diaryl/α,β-unsaturated/α-hetero) is 1. The molecule has 5 nitrogen and oxygen atoms in total. The average molecular weight is 333 g/mol. The van der Waals surface area contributed by atoms with Crippen LogP contribution in [0.15, 0.2) is 29.8 Å². The van der Waals surface area contributed by atoms with Crippen molar-refractivity contribution in [1.82, 2.24) is 9.99 Å². The molecule has 1 aromatic heterocycles. The fraction of sp³-hybridized carbons (Fsp3) is 0.400. The van der Waals surface area contributed by atoms with Gasteiger partial charge in [0.25, 0.3) is 0 Å². The molecule has 86 valence electrons. The molecule has 6 heteroatoms. The Morgan fingerprint density at radius 2 is 2.44 bits per heavy atom. The summed E-state index contributed by atoms with van der Waals surface area (Å²) < 4.78 is -0.161. The molecule has 1 heterocycles. The first-order valence-corrected chi connectivity index (χ1v) is 6.02. The van der Waals surface area contributed by atoms with E-state index in [4.69, 9.17) is 0 Å². The number of nitrogens with zero attached hydrogens (tertiary/aromatic N) is 3. The highest BCUT2D eigenvalue weighted by Gasteiger charge is 2.17. The van der Waals surface area contributed by atoms with Gasteiger partial charge in [0.15, 0.2) is 5.78 Å². The topological polar surface area (TPSA) is 62.6 Å². The molecule has 16 heavy (non-hydrogen) atoms. The van der Waals surface area contributed by atoms with Crippen molar-refractivity contribution in [2.45, 2.75) is 10.3 Å². The number of carbonyl (C=O) groups is 1. The molecule has 0 saturated carbocycles. The second-order valence-electron chi connectivity index (χ2n) is 3.33. The van der Waals surface area contributed by atoms with Gasteiger partial charge in [0, 0.05) is 31.5 Å². The summed E-state index contributed by atoms with van der Waals surface area (Å²) in [5.74, 6) is 0.0352. The third kappa shape index (κ3) is 3.84. The summed E-state index contributed by atoms with van der Waals surface area (Å²) in [6, 6.07) is 3.47. The number of halogens is 1. The molecule has 0 fully saturated rings. The van der Waals surface area contributed by atoms with Gasteiger partial charge in [0.05, 0.1) is 9.21 Å². The molecule has 0 saturated heterocycles. The number of hydrogen-bond acceptors (Lipinski definition) is 4. The van der Waals surface area contributed by atoms with Gasteiger partial charge in [0.1, 0.15) is 0 Å². The summed E-state index contributed by atoms with van der Waals surface area (Å²) in [6.07, 6.45) is 3.77. The number of carbonyl (C=O) groups excluding carboxylic acids is 1. The lowest BCUT2D eigenvalue weighted by atomic mass is 10.1. The number of nitroso groups, excluding NO2 is 1. The highest BCUT2D eigenvalue weighted by Crippen LogP contribution is 2.13. The van der Waals surface area contributed by atoms with E-state index >= 15 is 0 Å². The van der Waals surface area contributed by atoms with Crippen LogP contribution in [0.1, 0.15) is 16.8 Å². The first-order valence-electron chi connectivity index (χ1n) is 4.78. The van der Waals surface area contributed by atoms with Gasteiger partial charge in [-0.3, -0.25) is 14.8 Å². The Kier molecular flexibility index (Phi) is 5.30. The lowest BCUT2D eigenvalue weighted by molar-refractivity contribution is 0.0988. The largest absolute Gasteiger partial charge is 0.293 e. The minimum atomic E-state index is -0.161. The Labute approximate surface area is 107 Å². The highest BCUT2D eigenvalue weighted by atomic mass is 127. The molecule has 0 spiro atoms. The minimum Gasteiger partial charge on any atom is -0.293 e. The van der Waals surface area contributed by atoms with E-state index in [1.165, 1.54) is 5.01 Å². The molecule has 0 bridgehead atoms. The number of alkyl halides is 1. The normalized spacial score (nSPS) is 11.9. The zero-order valence-electron chi connectivity index (χ0n) is 8.84. The quantitative estimate of drug-likeness (QED) is 0.263. The SMILES string of the molecule is CN(CCC(I)C(=O)c1cccnc1)N=O. The molecule has 1 rings (SSSR count). The van der Waals surface area contributed by atoms with E-state index < -0.39 is 0 Å². The van der Waals surface area contributed by atoms with Crippen LogP contribution in [0.2, 0.25) is 0 Å². The Hall–Kier alpha value is -1.05. The van der Waals surface area contributed by atoms with E-state index in [2.05, 4.69) is 32.9 Å². The van der Waals surface area contributed by atoms with E-state index in [0.717, 1.165) is 0 Å². The third-order valence-electron chi connectivity index (χ3n) is 2.08. The van der Waals surface area contributed by atoms with E-state index in [1.807, 2.05) is 0 Å². The first-order chi connectivity index (χ1) is 7.65. The van der Waals surface area contributed by atoms with Crippen LogP contribution in [0.4, 0.5) is 0 Å². The van der Waals surface area contributed by atoms with Crippen LogP contribution in [0.5, 0.6) is 0 Å². The maximum absolute atomic E-state index is 11.9. The van der Waals surface area contributed by atoms with Gasteiger partial charge in [-0.1, -0.05) is 22.6 Å². The molecule has 0 aliphatic carbocycles. The summed E-state index contributed by atoms with van der Waals surface area (Å²) in [5, 5.41) is 4.03. The van der Waals surface area contributed by atoms with Gasteiger partial charge in [-0.15, -0.1) is 4.91 Å². The number of rotatable bonds is 6. The number of hydrogen-bond donors (Lipinski definition) is 0. The molecular formula is C10H12IN3O2. The van der Waals surface area contributed by atoms with Crippen molar-refractivity contribution in [3.05, 3.63) is 35.0 Å². The van der Waals surface area contributed by atoms with Gasteiger partial charge in [-0.25, -0.2) is 0 Å². The first kappa shape index (κ1) is 13.0. The fourth-order valence-electron chi connectivity index (χ4n) is 1.16. The molecule has 0 N–H and O–H groups in total. The summed E-state index contributed by atoms with van der Waals surface area (Å²) >= 11 is 2.07. The van der Waals surface area contributed by atoms with Crippen LogP contribution < -0.4 is 0 Å². The third-order valence-corrected chi connectivity index (χ3v) is 3.26. The molecule has 1 aromatic rings. The second kappa shape index (κ2) is 6.51. The van der Waals surface area contributed by atoms with E-state index in [0.29, 0.717) is 18.5 Å². The molecule has 0 amide bonds. The van der Waals surface area contributed by atoms with Gasteiger partial charge < -0.3 is 0 Å². The predicted molar refractivity (Wildman–Crippen MR) is 69.4 cm³/mol. The van der Waals surface area contributed by atoms with Gasteiger partial charge >= 0.3 is 0 Å². The molecule has 0 aromatic carbocycles. The van der Waals surface area contributed by atoms with Gasteiger partial charge in [-0.2, -0.15) is 0 Å². The Morgan fingerprint density at radius 3 is 3.00 bits per heavy atom. The number of pyridine rings is 1. The molecule has 0 aliphatic rings. The van der Waals surface area contributed by atoms with Crippen molar-refractivity contribution >= 4 is 28.4 Å². The van der Waals surface area contributed by atoms with Crippen molar-refractivity contribution in [2.75, 3.05) is 13.6 Å². The van der Waals surface area contributed by atoms with Gasteiger partial charge in [0.2, 0.25) is 0 Å². The molecule has 0 radical (unpaired) electrons. The Balaban J connectivity index is 2.52. The number of aromatic nitrogens is 1. The lowest BCUT2D eigenvalue weighted by Crippen LogP contribution is -2.21. The van der Waals surface area contributed by atoms with Crippen LogP contribution in [0.3, 0.4) is 0 Å². The molecular weight excluding hydrogens is 321 g/mol. The van der Waals surface area contributed by atoms with E-state index in [1.54, 1.807) is 31.6 Å². The monoisotopic (exact) mass is 333 g/mol. The van der Waals surface area contributed by atoms with Crippen molar-refractivity contribution in [3.8, 4) is 0 Å². The molecule has 1 atom stereocenters. The van der Waals surface area contributed by atoms with Crippen LogP contribution in [0, 0.1) is 4.91 Å². The van der Waals surface area contributed by atoms with Crippen LogP contribution in [-0.2, 0) is 0 Å². The summed E-state index contributed by atoms with van der Waals surface area (Å²) in [4.78, 5) is 25.9. The van der Waals surface area contributed by atoms with Crippen LogP contribution in [-0.4, -0.2) is 33.3 Å². The van der Waals surface area contributed by atoms with E-state index in [9.17, 15) is 9.70 Å². The van der Waals surface area contributed by atoms with Crippen molar-refractivity contribution < 1.29 is 4.79 Å². The van der Waals surface area contributed by atoms with E-state index in [-0.39, 0.29) is 9.71 Å². The van der Waals surface area contributed by atoms with Gasteiger partial charge in [-0.05, 0) is 18.6 Å². The zero-order chi connectivity index (χ0) is 12.0. The summed E-state index contributed by atoms with van der Waals surface area (Å²) in [7, 11) is 1.59. The minimum absolute atomic E-state index is 0.0352. The van der Waals surface area contributed by atoms with Crippen molar-refractivity contribution in [2.24, 2.45) is 5.29 Å². The summed E-state index contributed by atoms with van der Waals surface area (Å²) in [5.41, 5.74) is 0.601. The second-order valence-corrected chi connectivity index (χ2v) is 4.83. The average Bonchev–Trinajstić information content (AvgIpc) is 2.35. The summed E-state index contributed by atoms with van der Waals surface area (Å²) in [6.45, 7) is 0.475. The number of ketones is 1. The lowest BCUT2D eigenvalue weighted by Gasteiger charge is -2.11. The highest BCUT2D eigenvalue weighted by molar-refractivity contribution is 14.1. The molecule has 1 unspecified atom stereocenters. The fourth-order valence-corrected chi connectivity index (χ4v) is 1.80. The Bertz CT molecular complexity index is 358. The smallest absolute Gasteiger partial charge is 0.177 e. The molecule has 0 aliphatic heterocycles. The maximum atomic E-state index is 11.9. The Morgan fingerprint density at radius 1 is 1.69 bits per heavy atom.